The average molecular weight is 300 g/mol. The molecule has 0 spiro atoms. The molecule has 4 rings (SSSR count). The van der Waals surface area contributed by atoms with Gasteiger partial charge in [0, 0.05) is 16.8 Å². The Morgan fingerprint density at radius 1 is 0.652 bits per heavy atom. The van der Waals surface area contributed by atoms with Gasteiger partial charge in [-0.2, -0.15) is 0 Å². The van der Waals surface area contributed by atoms with E-state index in [9.17, 15) is 0 Å². The van der Waals surface area contributed by atoms with Crippen LogP contribution in [-0.2, 0) is 0 Å². The predicted octanol–water partition coefficient (Wildman–Crippen LogP) is 6.25. The summed E-state index contributed by atoms with van der Waals surface area (Å²) in [5.41, 5.74) is 2.63. The van der Waals surface area contributed by atoms with Gasteiger partial charge in [-0.25, -0.2) is 0 Å². The van der Waals surface area contributed by atoms with E-state index in [0.29, 0.717) is 5.56 Å². The van der Waals surface area contributed by atoms with E-state index in [1.807, 2.05) is 36.4 Å². The second-order valence-corrected chi connectivity index (χ2v) is 5.23. The van der Waals surface area contributed by atoms with Crippen LogP contribution in [0.5, 0.6) is 0 Å². The highest BCUT2D eigenvalue weighted by molar-refractivity contribution is 5.95. The van der Waals surface area contributed by atoms with E-state index in [0.717, 1.165) is 22.1 Å². The zero-order valence-electron chi connectivity index (χ0n) is 17.4. The lowest BCUT2D eigenvalue weighted by molar-refractivity contribution is 1.56. The van der Waals surface area contributed by atoms with Crippen molar-refractivity contribution in [3.8, 4) is 11.1 Å². The highest BCUT2D eigenvalue weighted by atomic mass is 14.9. The summed E-state index contributed by atoms with van der Waals surface area (Å²) in [6.07, 6.45) is 0. The van der Waals surface area contributed by atoms with Gasteiger partial charge in [0.05, 0.1) is 6.85 Å². The van der Waals surface area contributed by atoms with Gasteiger partial charge in [0.2, 0.25) is 0 Å². The van der Waals surface area contributed by atoms with Gasteiger partial charge in [0.25, 0.3) is 0 Å². The molecule has 1 nitrogen and oxygen atoms in total. The first kappa shape index (κ1) is 9.16. The molecule has 4 aromatic carbocycles. The molecule has 0 aliphatic rings. The summed E-state index contributed by atoms with van der Waals surface area (Å²) in [6.45, 7) is 0. The molecule has 0 fully saturated rings. The lowest BCUT2D eigenvalue weighted by Gasteiger charge is -2.10. The molecule has 23 heavy (non-hydrogen) atoms. The van der Waals surface area contributed by atoms with Crippen molar-refractivity contribution in [3.63, 3.8) is 0 Å². The normalized spacial score (nSPS) is 13.7. The van der Waals surface area contributed by atoms with Crippen LogP contribution in [0.3, 0.4) is 0 Å². The summed E-state index contributed by atoms with van der Waals surface area (Å²) in [5.74, 6) is 0. The highest BCUT2D eigenvalue weighted by Gasteiger charge is 2.01. The largest absolute Gasteiger partial charge is 0.355 e. The molecule has 1 N–H and O–H groups in total. The highest BCUT2D eigenvalue weighted by Crippen LogP contribution is 2.27. The van der Waals surface area contributed by atoms with Crippen molar-refractivity contribution in [2.75, 3.05) is 5.32 Å². The molecule has 0 saturated carbocycles. The van der Waals surface area contributed by atoms with Crippen LogP contribution in [0.25, 0.3) is 21.9 Å². The third-order valence-electron chi connectivity index (χ3n) is 3.74. The summed E-state index contributed by atoms with van der Waals surface area (Å²) < 4.78 is 39.6. The number of nitrogens with one attached hydrogen (secondary N) is 1. The van der Waals surface area contributed by atoms with Crippen molar-refractivity contribution in [1.29, 1.82) is 0 Å². The minimum absolute atomic E-state index is 0.194. The van der Waals surface area contributed by atoms with E-state index in [1.54, 1.807) is 12.1 Å². The van der Waals surface area contributed by atoms with Gasteiger partial charge in [0.1, 0.15) is 0 Å². The van der Waals surface area contributed by atoms with E-state index in [-0.39, 0.29) is 35.8 Å². The topological polar surface area (TPSA) is 12.0 Å². The van der Waals surface area contributed by atoms with Crippen LogP contribution in [0.4, 0.5) is 11.4 Å². The van der Waals surface area contributed by atoms with E-state index in [2.05, 4.69) is 23.5 Å². The van der Waals surface area contributed by atoms with E-state index in [1.165, 1.54) is 0 Å². The van der Waals surface area contributed by atoms with Crippen LogP contribution in [0.2, 0.25) is 0 Å². The van der Waals surface area contributed by atoms with E-state index in [4.69, 9.17) is 6.85 Å². The van der Waals surface area contributed by atoms with Gasteiger partial charge < -0.3 is 5.32 Å². The standard InChI is InChI=1S/C22H17N/c1-2-7-17(8-3-1)18-13-15-20(16-14-18)23-22-12-6-10-19-9-4-5-11-21(19)22/h1-16,23H/i1D,2D,3D,7D,8D. The first-order valence-electron chi connectivity index (χ1n) is 9.89. The zero-order valence-corrected chi connectivity index (χ0v) is 12.4. The van der Waals surface area contributed by atoms with Crippen molar-refractivity contribution in [1.82, 2.24) is 0 Å². The molecule has 0 bridgehead atoms. The Labute approximate surface area is 143 Å². The number of anilines is 2. The van der Waals surface area contributed by atoms with Crippen LogP contribution in [0.1, 0.15) is 6.85 Å². The van der Waals surface area contributed by atoms with Crippen molar-refractivity contribution in [2.24, 2.45) is 0 Å². The molecule has 0 aromatic heterocycles. The molecule has 0 saturated heterocycles. The SMILES string of the molecule is [2H]c1c([2H])c([2H])c(-c2ccc(Nc3cccc4ccccc34)cc2)c([2H])c1[2H]. The molecule has 110 valence electrons. The minimum Gasteiger partial charge on any atom is -0.355 e. The smallest absolute Gasteiger partial charge is 0.0629 e. The Hall–Kier alpha value is -3.06. The Balaban J connectivity index is 1.71. The Kier molecular flexibility index (Phi) is 2.38. The number of rotatable bonds is 3. The van der Waals surface area contributed by atoms with Gasteiger partial charge >= 0.3 is 0 Å². The second-order valence-electron chi connectivity index (χ2n) is 5.23. The average Bonchev–Trinajstić information content (AvgIpc) is 2.72. The fourth-order valence-electron chi connectivity index (χ4n) is 2.60. The zero-order chi connectivity index (χ0) is 19.8. The van der Waals surface area contributed by atoms with Gasteiger partial charge in [0.15, 0.2) is 0 Å². The van der Waals surface area contributed by atoms with Gasteiger partial charge in [-0.1, -0.05) is 78.7 Å². The van der Waals surface area contributed by atoms with Crippen LogP contribution in [-0.4, -0.2) is 0 Å². The fraction of sp³-hybridized carbons (Fsp3) is 0. The lowest BCUT2D eigenvalue weighted by atomic mass is 10.1. The molecule has 0 atom stereocenters. The maximum Gasteiger partial charge on any atom is 0.0629 e. The lowest BCUT2D eigenvalue weighted by Crippen LogP contribution is -1.91. The quantitative estimate of drug-likeness (QED) is 0.471. The molecule has 1 heteroatoms. The number of hydrogen-bond acceptors (Lipinski definition) is 1. The fourth-order valence-corrected chi connectivity index (χ4v) is 2.60. The van der Waals surface area contributed by atoms with Gasteiger partial charge in [-0.3, -0.25) is 0 Å². The maximum absolute atomic E-state index is 8.11. The van der Waals surface area contributed by atoms with Crippen LogP contribution in [0, 0.1) is 0 Å². The number of hydrogen-bond donors (Lipinski definition) is 1. The third kappa shape index (κ3) is 2.82. The van der Waals surface area contributed by atoms with Crippen molar-refractivity contribution in [3.05, 3.63) is 96.9 Å². The molecule has 0 radical (unpaired) electrons. The molecule has 0 heterocycles. The van der Waals surface area contributed by atoms with Crippen LogP contribution in [0.15, 0.2) is 96.9 Å². The second kappa shape index (κ2) is 5.98. The molecule has 0 aliphatic heterocycles. The summed E-state index contributed by atoms with van der Waals surface area (Å²) in [7, 11) is 0. The molecular weight excluding hydrogens is 278 g/mol. The molecule has 4 aromatic rings. The maximum atomic E-state index is 8.11. The summed E-state index contributed by atoms with van der Waals surface area (Å²) in [4.78, 5) is 0. The van der Waals surface area contributed by atoms with Gasteiger partial charge in [-0.15, -0.1) is 0 Å². The van der Waals surface area contributed by atoms with Crippen molar-refractivity contribution in [2.45, 2.75) is 0 Å². The van der Waals surface area contributed by atoms with Crippen LogP contribution < -0.4 is 5.32 Å². The number of fused-ring (bicyclic) bond motifs is 1. The molecular formula is C22H17N. The van der Waals surface area contributed by atoms with Crippen LogP contribution >= 0.6 is 0 Å². The Morgan fingerprint density at radius 2 is 1.39 bits per heavy atom. The third-order valence-corrected chi connectivity index (χ3v) is 3.74. The van der Waals surface area contributed by atoms with Crippen molar-refractivity contribution >= 4 is 22.1 Å². The summed E-state index contributed by atoms with van der Waals surface area (Å²) in [6, 6.07) is 20.0. The Bertz CT molecular complexity index is 1150. The predicted molar refractivity (Wildman–Crippen MR) is 99.1 cm³/mol. The molecule has 0 amide bonds. The molecule has 0 aliphatic carbocycles. The van der Waals surface area contributed by atoms with E-state index >= 15 is 0 Å². The monoisotopic (exact) mass is 300 g/mol. The molecule has 0 unspecified atom stereocenters. The van der Waals surface area contributed by atoms with Gasteiger partial charge in [-0.05, 0) is 34.7 Å². The first-order chi connectivity index (χ1) is 13.5. The first-order valence-corrected chi connectivity index (χ1v) is 7.39. The minimum atomic E-state index is -0.381. The van der Waals surface area contributed by atoms with Crippen molar-refractivity contribution < 1.29 is 6.85 Å². The Morgan fingerprint density at radius 3 is 2.22 bits per heavy atom. The summed E-state index contributed by atoms with van der Waals surface area (Å²) >= 11 is 0. The van der Waals surface area contributed by atoms with E-state index < -0.39 is 0 Å². The number of benzene rings is 4. The summed E-state index contributed by atoms with van der Waals surface area (Å²) in [5, 5.41) is 5.64.